The van der Waals surface area contributed by atoms with Crippen LogP contribution in [0, 0.1) is 15.9 Å². The SMILES string of the molecule is COc1cc(F)c([N+](=O)[O-])cc1Nc1ncc(/C=C/C(N)=O)c(-c2cn3c4c(cccc24)CCC3)n1. The molecule has 0 radical (unpaired) electrons. The van der Waals surface area contributed by atoms with Gasteiger partial charge in [0.05, 0.1) is 28.9 Å². The summed E-state index contributed by atoms with van der Waals surface area (Å²) in [5, 5.41) is 15.1. The number of carbonyl (C=O) groups excluding carboxylic acids is 1. The average Bonchev–Trinajstić information content (AvgIpc) is 3.24. The first-order valence-corrected chi connectivity index (χ1v) is 11.1. The molecule has 4 aromatic rings. The van der Waals surface area contributed by atoms with Crippen molar-refractivity contribution in [3.8, 4) is 17.0 Å². The maximum absolute atomic E-state index is 14.1. The molecule has 1 amide bonds. The highest BCUT2D eigenvalue weighted by Crippen LogP contribution is 2.37. The lowest BCUT2D eigenvalue weighted by atomic mass is 10.0. The summed E-state index contributed by atoms with van der Waals surface area (Å²) in [5.74, 6) is -1.49. The normalized spacial score (nSPS) is 12.7. The van der Waals surface area contributed by atoms with Gasteiger partial charge >= 0.3 is 5.69 Å². The number of anilines is 2. The summed E-state index contributed by atoms with van der Waals surface area (Å²) >= 11 is 0. The number of amides is 1. The van der Waals surface area contributed by atoms with E-state index in [2.05, 4.69) is 25.9 Å². The van der Waals surface area contributed by atoms with Crippen LogP contribution in [0.5, 0.6) is 5.75 Å². The predicted molar refractivity (Wildman–Crippen MR) is 132 cm³/mol. The third-order valence-electron chi connectivity index (χ3n) is 6.04. The van der Waals surface area contributed by atoms with Crippen molar-refractivity contribution < 1.29 is 18.8 Å². The van der Waals surface area contributed by atoms with Gasteiger partial charge in [-0.3, -0.25) is 14.9 Å². The standard InChI is InChI=1S/C25H21FN6O4/c1-36-21-10-18(26)20(32(34)35)11-19(21)29-25-28-12-15(7-8-22(27)33)23(30-25)17-13-31-9-3-5-14-4-2-6-16(17)24(14)31/h2,4,6-8,10-13H,3,5,9H2,1H3,(H2,27,33)(H,28,29,30)/b8-7+. The Labute approximate surface area is 204 Å². The number of carbonyl (C=O) groups is 1. The van der Waals surface area contributed by atoms with Crippen LogP contribution in [0.15, 0.2) is 48.8 Å². The van der Waals surface area contributed by atoms with Gasteiger partial charge in [-0.15, -0.1) is 0 Å². The van der Waals surface area contributed by atoms with Crippen LogP contribution in [-0.4, -0.2) is 32.5 Å². The van der Waals surface area contributed by atoms with Crippen LogP contribution in [-0.2, 0) is 17.8 Å². The third-order valence-corrected chi connectivity index (χ3v) is 6.04. The number of nitrogens with zero attached hydrogens (tertiary/aromatic N) is 4. The molecule has 0 spiro atoms. The monoisotopic (exact) mass is 488 g/mol. The molecule has 5 rings (SSSR count). The van der Waals surface area contributed by atoms with E-state index in [1.165, 1.54) is 31.0 Å². The number of halogens is 1. The highest BCUT2D eigenvalue weighted by molar-refractivity contribution is 6.00. The fraction of sp³-hybridized carbons (Fsp3) is 0.160. The Hall–Kier alpha value is -4.80. The van der Waals surface area contributed by atoms with Crippen LogP contribution in [0.3, 0.4) is 0 Å². The Bertz CT molecular complexity index is 1560. The van der Waals surface area contributed by atoms with Crippen LogP contribution in [0.4, 0.5) is 21.7 Å². The second kappa shape index (κ2) is 9.10. The van der Waals surface area contributed by atoms with Gasteiger partial charge in [-0.2, -0.15) is 4.39 Å². The molecule has 0 fully saturated rings. The molecule has 1 aliphatic rings. The first kappa shape index (κ1) is 23.0. The molecular weight excluding hydrogens is 467 g/mol. The lowest BCUT2D eigenvalue weighted by Gasteiger charge is -2.14. The van der Waals surface area contributed by atoms with E-state index in [9.17, 15) is 19.3 Å². The van der Waals surface area contributed by atoms with Gasteiger partial charge in [0.25, 0.3) is 0 Å². The topological polar surface area (TPSA) is 138 Å². The Kier molecular flexibility index (Phi) is 5.80. The fourth-order valence-electron chi connectivity index (χ4n) is 4.48. The second-order valence-electron chi connectivity index (χ2n) is 8.27. The number of rotatable bonds is 7. The van der Waals surface area contributed by atoms with Gasteiger partial charge in [0.1, 0.15) is 5.75 Å². The Morgan fingerprint density at radius 1 is 1.36 bits per heavy atom. The number of nitrogens with one attached hydrogen (secondary N) is 1. The molecule has 2 aromatic carbocycles. The zero-order chi connectivity index (χ0) is 25.4. The van der Waals surface area contributed by atoms with Crippen molar-refractivity contribution in [1.82, 2.24) is 14.5 Å². The summed E-state index contributed by atoms with van der Waals surface area (Å²) in [6, 6.07) is 8.07. The van der Waals surface area contributed by atoms with Crippen LogP contribution in [0.2, 0.25) is 0 Å². The van der Waals surface area contributed by atoms with Crippen LogP contribution in [0.1, 0.15) is 17.5 Å². The van der Waals surface area contributed by atoms with E-state index in [0.717, 1.165) is 48.0 Å². The minimum absolute atomic E-state index is 0.0492. The predicted octanol–water partition coefficient (Wildman–Crippen LogP) is 4.34. The second-order valence-corrected chi connectivity index (χ2v) is 8.27. The summed E-state index contributed by atoms with van der Waals surface area (Å²) < 4.78 is 21.5. The van der Waals surface area contributed by atoms with Crippen molar-refractivity contribution in [3.05, 3.63) is 75.9 Å². The van der Waals surface area contributed by atoms with Crippen molar-refractivity contribution in [2.45, 2.75) is 19.4 Å². The molecule has 0 atom stereocenters. The number of primary amides is 1. The van der Waals surface area contributed by atoms with Gasteiger partial charge in [0.15, 0.2) is 0 Å². The van der Waals surface area contributed by atoms with E-state index >= 15 is 0 Å². The molecule has 0 unspecified atom stereocenters. The van der Waals surface area contributed by atoms with Gasteiger partial charge in [0, 0.05) is 53.7 Å². The quantitative estimate of drug-likeness (QED) is 0.224. The number of hydrogen-bond donors (Lipinski definition) is 2. The van der Waals surface area contributed by atoms with Crippen LogP contribution in [0.25, 0.3) is 28.2 Å². The maximum atomic E-state index is 14.1. The molecule has 10 nitrogen and oxygen atoms in total. The molecule has 3 N–H and O–H groups in total. The number of nitro groups is 1. The third kappa shape index (κ3) is 4.11. The van der Waals surface area contributed by atoms with Crippen molar-refractivity contribution >= 4 is 40.2 Å². The smallest absolute Gasteiger partial charge is 0.307 e. The highest BCUT2D eigenvalue weighted by Gasteiger charge is 2.22. The number of methoxy groups -OCH3 is 1. The molecule has 0 bridgehead atoms. The van der Waals surface area contributed by atoms with E-state index in [1.807, 2.05) is 18.3 Å². The number of aryl methyl sites for hydroxylation is 2. The van der Waals surface area contributed by atoms with Crippen molar-refractivity contribution in [1.29, 1.82) is 0 Å². The Morgan fingerprint density at radius 3 is 2.94 bits per heavy atom. The lowest BCUT2D eigenvalue weighted by Crippen LogP contribution is -2.06. The summed E-state index contributed by atoms with van der Waals surface area (Å²) in [7, 11) is 1.32. The molecule has 0 saturated carbocycles. The summed E-state index contributed by atoms with van der Waals surface area (Å²) in [6.45, 7) is 0.868. The molecule has 36 heavy (non-hydrogen) atoms. The van der Waals surface area contributed by atoms with E-state index < -0.39 is 22.3 Å². The molecule has 3 heterocycles. The van der Waals surface area contributed by atoms with Crippen LogP contribution < -0.4 is 15.8 Å². The molecule has 0 aliphatic carbocycles. The Balaban J connectivity index is 1.66. The zero-order valence-electron chi connectivity index (χ0n) is 19.2. The highest BCUT2D eigenvalue weighted by atomic mass is 19.1. The van der Waals surface area contributed by atoms with Gasteiger partial charge in [-0.25, -0.2) is 9.97 Å². The van der Waals surface area contributed by atoms with E-state index in [4.69, 9.17) is 10.5 Å². The summed E-state index contributed by atoms with van der Waals surface area (Å²) in [4.78, 5) is 30.8. The number of aromatic nitrogens is 3. The van der Waals surface area contributed by atoms with E-state index in [0.29, 0.717) is 11.3 Å². The van der Waals surface area contributed by atoms with Gasteiger partial charge in [0.2, 0.25) is 17.7 Å². The number of benzene rings is 2. The van der Waals surface area contributed by atoms with Gasteiger partial charge < -0.3 is 20.4 Å². The van der Waals surface area contributed by atoms with Crippen molar-refractivity contribution in [2.24, 2.45) is 5.73 Å². The van der Waals surface area contributed by atoms with E-state index in [1.54, 1.807) is 0 Å². The Morgan fingerprint density at radius 2 is 2.19 bits per heavy atom. The summed E-state index contributed by atoms with van der Waals surface area (Å²) in [6.07, 6.45) is 8.30. The largest absolute Gasteiger partial charge is 0.494 e. The van der Waals surface area contributed by atoms with Crippen molar-refractivity contribution in [2.75, 3.05) is 12.4 Å². The number of ether oxygens (including phenoxy) is 1. The van der Waals surface area contributed by atoms with Gasteiger partial charge in [-0.05, 0) is 24.5 Å². The minimum atomic E-state index is -1.02. The first-order valence-electron chi connectivity index (χ1n) is 11.1. The first-order chi connectivity index (χ1) is 17.4. The number of nitrogens with two attached hydrogens (primary N) is 1. The van der Waals surface area contributed by atoms with Crippen molar-refractivity contribution in [3.63, 3.8) is 0 Å². The number of hydrogen-bond acceptors (Lipinski definition) is 7. The molecule has 2 aromatic heterocycles. The average molecular weight is 488 g/mol. The molecule has 1 aliphatic heterocycles. The molecule has 0 saturated heterocycles. The number of nitro benzene ring substituents is 1. The summed E-state index contributed by atoms with van der Waals surface area (Å²) in [5.41, 5.74) is 9.01. The zero-order valence-corrected chi connectivity index (χ0v) is 19.2. The molecule has 182 valence electrons. The number of para-hydroxylation sites is 1. The molecular formula is C25H21FN6O4. The molecule has 11 heteroatoms. The maximum Gasteiger partial charge on any atom is 0.307 e. The van der Waals surface area contributed by atoms with Gasteiger partial charge in [-0.1, -0.05) is 18.2 Å². The van der Waals surface area contributed by atoms with E-state index in [-0.39, 0.29) is 17.4 Å². The van der Waals surface area contributed by atoms with Crippen LogP contribution >= 0.6 is 0 Å². The lowest BCUT2D eigenvalue weighted by molar-refractivity contribution is -0.387. The minimum Gasteiger partial charge on any atom is -0.494 e. The fourth-order valence-corrected chi connectivity index (χ4v) is 4.48.